The molecule has 0 amide bonds. The minimum Gasteiger partial charge on any atom is -0.379 e. The molecule has 13 heavy (non-hydrogen) atoms. The van der Waals surface area contributed by atoms with Crippen molar-refractivity contribution < 1.29 is 0 Å². The van der Waals surface area contributed by atoms with Gasteiger partial charge in [0.1, 0.15) is 5.82 Å². The van der Waals surface area contributed by atoms with Crippen LogP contribution in [-0.4, -0.2) is 20.6 Å². The normalized spacial score (nSPS) is 12.5. The largest absolute Gasteiger partial charge is 0.379 e. The Hall–Kier alpha value is -1.59. The first kappa shape index (κ1) is 9.50. The van der Waals surface area contributed by atoms with Crippen molar-refractivity contribution in [2.75, 3.05) is 0 Å². The molecule has 0 saturated heterocycles. The van der Waals surface area contributed by atoms with Crippen LogP contribution in [0.4, 0.5) is 0 Å². The lowest BCUT2D eigenvalue weighted by molar-refractivity contribution is 0.516. The molecule has 0 bridgehead atoms. The Bertz CT molecular complexity index is 324. The highest BCUT2D eigenvalue weighted by Gasteiger charge is 2.10. The van der Waals surface area contributed by atoms with E-state index in [-0.39, 0.29) is 11.9 Å². The van der Waals surface area contributed by atoms with Gasteiger partial charge in [0, 0.05) is 6.04 Å². The van der Waals surface area contributed by atoms with E-state index in [1.807, 2.05) is 20.8 Å². The standard InChI is InChI=1S/C7H14N6/c1-4(2)13-5(3)10-7(12-13)6(8)11-9/h4H,9H2,1-3H3,(H2,8,11). The van der Waals surface area contributed by atoms with Gasteiger partial charge in [-0.1, -0.05) is 0 Å². The third-order valence-electron chi connectivity index (χ3n) is 1.66. The minimum absolute atomic E-state index is 0.155. The van der Waals surface area contributed by atoms with Crippen LogP contribution in [0.15, 0.2) is 5.10 Å². The summed E-state index contributed by atoms with van der Waals surface area (Å²) in [6.07, 6.45) is 0. The summed E-state index contributed by atoms with van der Waals surface area (Å²) in [4.78, 5) is 4.12. The van der Waals surface area contributed by atoms with Crippen LogP contribution in [0.25, 0.3) is 0 Å². The van der Waals surface area contributed by atoms with E-state index in [9.17, 15) is 0 Å². The second-order valence-electron chi connectivity index (χ2n) is 3.04. The lowest BCUT2D eigenvalue weighted by Crippen LogP contribution is -2.18. The minimum atomic E-state index is 0.155. The van der Waals surface area contributed by atoms with Crippen LogP contribution < -0.4 is 11.6 Å². The Morgan fingerprint density at radius 3 is 2.54 bits per heavy atom. The topological polar surface area (TPSA) is 95.1 Å². The maximum absolute atomic E-state index is 5.46. The van der Waals surface area contributed by atoms with Crippen molar-refractivity contribution in [3.63, 3.8) is 0 Å². The lowest BCUT2D eigenvalue weighted by atomic mass is 10.4. The number of amidine groups is 1. The van der Waals surface area contributed by atoms with Gasteiger partial charge in [-0.2, -0.15) is 5.10 Å². The Labute approximate surface area is 76.6 Å². The first-order valence-electron chi connectivity index (χ1n) is 4.03. The predicted octanol–water partition coefficient (Wildman–Crippen LogP) is -0.254. The molecule has 6 nitrogen and oxygen atoms in total. The third kappa shape index (κ3) is 1.77. The van der Waals surface area contributed by atoms with E-state index in [4.69, 9.17) is 11.6 Å². The third-order valence-corrected chi connectivity index (χ3v) is 1.66. The molecule has 6 heteroatoms. The summed E-state index contributed by atoms with van der Waals surface area (Å²) < 4.78 is 1.77. The number of rotatable bonds is 2. The van der Waals surface area contributed by atoms with Gasteiger partial charge in [0.25, 0.3) is 0 Å². The van der Waals surface area contributed by atoms with Gasteiger partial charge in [-0.25, -0.2) is 9.67 Å². The van der Waals surface area contributed by atoms with Crippen LogP contribution in [0, 0.1) is 6.92 Å². The van der Waals surface area contributed by atoms with Crippen LogP contribution in [-0.2, 0) is 0 Å². The van der Waals surface area contributed by atoms with Gasteiger partial charge in [-0.05, 0) is 20.8 Å². The highest BCUT2D eigenvalue weighted by molar-refractivity contribution is 5.93. The van der Waals surface area contributed by atoms with E-state index in [0.717, 1.165) is 5.82 Å². The van der Waals surface area contributed by atoms with Gasteiger partial charge in [-0.15, -0.1) is 5.10 Å². The Morgan fingerprint density at radius 1 is 1.54 bits per heavy atom. The Morgan fingerprint density at radius 2 is 2.15 bits per heavy atom. The van der Waals surface area contributed by atoms with Crippen molar-refractivity contribution in [1.29, 1.82) is 0 Å². The Kier molecular flexibility index (Phi) is 2.50. The molecular weight excluding hydrogens is 168 g/mol. The lowest BCUT2D eigenvalue weighted by Gasteiger charge is -2.04. The smallest absolute Gasteiger partial charge is 0.218 e. The molecule has 72 valence electrons. The van der Waals surface area contributed by atoms with Gasteiger partial charge in [-0.3, -0.25) is 0 Å². The molecular formula is C7H14N6. The zero-order valence-corrected chi connectivity index (χ0v) is 8.02. The molecule has 1 heterocycles. The molecule has 0 atom stereocenters. The zero-order valence-electron chi connectivity index (χ0n) is 8.02. The summed E-state index contributed by atoms with van der Waals surface area (Å²) in [6, 6.07) is 0.256. The fraction of sp³-hybridized carbons (Fsp3) is 0.571. The van der Waals surface area contributed by atoms with E-state index in [1.165, 1.54) is 0 Å². The van der Waals surface area contributed by atoms with Gasteiger partial charge in [0.15, 0.2) is 5.84 Å². The molecule has 1 rings (SSSR count). The number of hydrogen-bond donors (Lipinski definition) is 2. The van der Waals surface area contributed by atoms with E-state index in [0.29, 0.717) is 5.82 Å². The second-order valence-corrected chi connectivity index (χ2v) is 3.04. The molecule has 0 radical (unpaired) electrons. The first-order chi connectivity index (χ1) is 6.06. The molecule has 1 aromatic rings. The molecule has 4 N–H and O–H groups in total. The van der Waals surface area contributed by atoms with E-state index in [1.54, 1.807) is 4.68 Å². The monoisotopic (exact) mass is 182 g/mol. The fourth-order valence-electron chi connectivity index (χ4n) is 1.06. The summed E-state index contributed by atoms with van der Waals surface area (Å²) in [6.45, 7) is 5.89. The summed E-state index contributed by atoms with van der Waals surface area (Å²) in [5, 5.41) is 7.48. The van der Waals surface area contributed by atoms with Crippen LogP contribution in [0.1, 0.15) is 31.5 Å². The van der Waals surface area contributed by atoms with Gasteiger partial charge in [0.05, 0.1) is 0 Å². The number of aryl methyl sites for hydroxylation is 1. The van der Waals surface area contributed by atoms with Gasteiger partial charge in [0.2, 0.25) is 5.82 Å². The van der Waals surface area contributed by atoms with Crippen LogP contribution in [0.5, 0.6) is 0 Å². The van der Waals surface area contributed by atoms with Gasteiger partial charge >= 0.3 is 0 Å². The summed E-state index contributed by atoms with van der Waals surface area (Å²) in [5.74, 6) is 6.35. The van der Waals surface area contributed by atoms with Gasteiger partial charge < -0.3 is 11.6 Å². The highest BCUT2D eigenvalue weighted by atomic mass is 15.4. The van der Waals surface area contributed by atoms with Crippen molar-refractivity contribution in [2.24, 2.45) is 16.7 Å². The van der Waals surface area contributed by atoms with Crippen LogP contribution >= 0.6 is 0 Å². The molecule has 0 aromatic carbocycles. The maximum atomic E-state index is 5.46. The molecule has 0 saturated carbocycles. The van der Waals surface area contributed by atoms with E-state index >= 15 is 0 Å². The molecule has 0 spiro atoms. The highest BCUT2D eigenvalue weighted by Crippen LogP contribution is 2.05. The van der Waals surface area contributed by atoms with Crippen molar-refractivity contribution in [3.8, 4) is 0 Å². The quantitative estimate of drug-likeness (QED) is 0.285. The SMILES string of the molecule is Cc1nc(/C(N)=N/N)nn1C(C)C. The van der Waals surface area contributed by atoms with Crippen molar-refractivity contribution in [3.05, 3.63) is 11.6 Å². The number of aromatic nitrogens is 3. The number of nitrogens with two attached hydrogens (primary N) is 2. The Balaban J connectivity index is 3.09. The first-order valence-corrected chi connectivity index (χ1v) is 4.03. The van der Waals surface area contributed by atoms with Crippen LogP contribution in [0.2, 0.25) is 0 Å². The molecule has 0 aliphatic carbocycles. The molecule has 0 fully saturated rings. The summed E-state index contributed by atoms with van der Waals surface area (Å²) in [7, 11) is 0. The fourth-order valence-corrected chi connectivity index (χ4v) is 1.06. The molecule has 0 aliphatic rings. The molecule has 1 aromatic heterocycles. The maximum Gasteiger partial charge on any atom is 0.218 e. The van der Waals surface area contributed by atoms with Crippen molar-refractivity contribution in [1.82, 2.24) is 14.8 Å². The molecule has 0 aliphatic heterocycles. The van der Waals surface area contributed by atoms with Crippen LogP contribution in [0.3, 0.4) is 0 Å². The summed E-state index contributed by atoms with van der Waals surface area (Å²) >= 11 is 0. The average molecular weight is 182 g/mol. The number of hydrazone groups is 1. The second kappa shape index (κ2) is 3.42. The summed E-state index contributed by atoms with van der Waals surface area (Å²) in [5.41, 5.74) is 5.46. The predicted molar refractivity (Wildman–Crippen MR) is 50.1 cm³/mol. The van der Waals surface area contributed by atoms with E-state index < -0.39 is 0 Å². The van der Waals surface area contributed by atoms with Crippen molar-refractivity contribution >= 4 is 5.84 Å². The zero-order chi connectivity index (χ0) is 10.0. The number of hydrogen-bond acceptors (Lipinski definition) is 4. The number of nitrogens with zero attached hydrogens (tertiary/aromatic N) is 4. The van der Waals surface area contributed by atoms with E-state index in [2.05, 4.69) is 15.2 Å². The average Bonchev–Trinajstić information content (AvgIpc) is 2.46. The molecule has 0 unspecified atom stereocenters. The van der Waals surface area contributed by atoms with Crippen molar-refractivity contribution in [2.45, 2.75) is 26.8 Å².